The predicted molar refractivity (Wildman–Crippen MR) is 92.4 cm³/mol. The third-order valence-corrected chi connectivity index (χ3v) is 3.87. The van der Waals surface area contributed by atoms with Gasteiger partial charge >= 0.3 is 6.01 Å². The molecule has 1 aromatic carbocycles. The molecular formula is C19H26N2O2. The lowest BCUT2D eigenvalue weighted by Crippen LogP contribution is -2.02. The highest BCUT2D eigenvalue weighted by Gasteiger charge is 2.12. The van der Waals surface area contributed by atoms with Gasteiger partial charge in [-0.25, -0.2) is 9.97 Å². The van der Waals surface area contributed by atoms with Crippen molar-refractivity contribution in [3.8, 4) is 17.1 Å². The van der Waals surface area contributed by atoms with Crippen molar-refractivity contribution >= 4 is 0 Å². The zero-order chi connectivity index (χ0) is 16.5. The molecule has 0 amide bonds. The van der Waals surface area contributed by atoms with E-state index in [1.165, 1.54) is 19.3 Å². The normalized spacial score (nSPS) is 12.1. The number of nitrogens with zero attached hydrogens (tertiary/aromatic N) is 2. The van der Waals surface area contributed by atoms with E-state index >= 15 is 0 Å². The van der Waals surface area contributed by atoms with Gasteiger partial charge < -0.3 is 9.84 Å². The molecule has 1 heterocycles. The van der Waals surface area contributed by atoms with Gasteiger partial charge in [-0.3, -0.25) is 0 Å². The molecule has 1 N–H and O–H groups in total. The maximum atomic E-state index is 10.1. The Morgan fingerprint density at radius 2 is 1.78 bits per heavy atom. The van der Waals surface area contributed by atoms with Gasteiger partial charge in [0.2, 0.25) is 0 Å². The Hall–Kier alpha value is -1.94. The summed E-state index contributed by atoms with van der Waals surface area (Å²) in [5.41, 5.74) is 2.77. The summed E-state index contributed by atoms with van der Waals surface area (Å²) in [5, 5.41) is 10.1. The van der Waals surface area contributed by atoms with Crippen LogP contribution in [-0.4, -0.2) is 21.7 Å². The SMILES string of the molecule is CCCCCCOc1ncc(-c2ccccc2C(O)CC)cn1. The van der Waals surface area contributed by atoms with Crippen molar-refractivity contribution in [3.63, 3.8) is 0 Å². The highest BCUT2D eigenvalue weighted by molar-refractivity contribution is 5.66. The highest BCUT2D eigenvalue weighted by Crippen LogP contribution is 2.29. The Morgan fingerprint density at radius 1 is 1.04 bits per heavy atom. The van der Waals surface area contributed by atoms with E-state index in [-0.39, 0.29) is 0 Å². The molecule has 124 valence electrons. The number of aromatic nitrogens is 2. The average Bonchev–Trinajstić information content (AvgIpc) is 2.61. The van der Waals surface area contributed by atoms with Gasteiger partial charge in [0.15, 0.2) is 0 Å². The molecule has 1 aromatic heterocycles. The van der Waals surface area contributed by atoms with Crippen LogP contribution in [0.4, 0.5) is 0 Å². The van der Waals surface area contributed by atoms with Gasteiger partial charge in [0.25, 0.3) is 0 Å². The van der Waals surface area contributed by atoms with Crippen molar-refractivity contribution in [3.05, 3.63) is 42.2 Å². The molecule has 0 bridgehead atoms. The van der Waals surface area contributed by atoms with E-state index in [1.807, 2.05) is 31.2 Å². The molecule has 0 aliphatic rings. The molecule has 0 spiro atoms. The topological polar surface area (TPSA) is 55.2 Å². The maximum Gasteiger partial charge on any atom is 0.316 e. The molecular weight excluding hydrogens is 288 g/mol. The monoisotopic (exact) mass is 314 g/mol. The number of ether oxygens (including phenoxy) is 1. The maximum absolute atomic E-state index is 10.1. The van der Waals surface area contributed by atoms with Crippen LogP contribution >= 0.6 is 0 Å². The Kier molecular flexibility index (Phi) is 7.01. The lowest BCUT2D eigenvalue weighted by molar-refractivity contribution is 0.174. The third-order valence-electron chi connectivity index (χ3n) is 3.87. The van der Waals surface area contributed by atoms with E-state index in [1.54, 1.807) is 12.4 Å². The molecule has 0 aliphatic heterocycles. The summed E-state index contributed by atoms with van der Waals surface area (Å²) in [7, 11) is 0. The van der Waals surface area contributed by atoms with Crippen molar-refractivity contribution < 1.29 is 9.84 Å². The number of hydrogen-bond acceptors (Lipinski definition) is 4. The zero-order valence-electron chi connectivity index (χ0n) is 14.0. The molecule has 4 nitrogen and oxygen atoms in total. The van der Waals surface area contributed by atoms with Crippen LogP contribution in [0.2, 0.25) is 0 Å². The minimum atomic E-state index is -0.472. The molecule has 23 heavy (non-hydrogen) atoms. The minimum absolute atomic E-state index is 0.416. The number of hydrogen-bond donors (Lipinski definition) is 1. The zero-order valence-corrected chi connectivity index (χ0v) is 14.0. The Balaban J connectivity index is 2.02. The van der Waals surface area contributed by atoms with Crippen molar-refractivity contribution in [2.24, 2.45) is 0 Å². The molecule has 0 radical (unpaired) electrons. The van der Waals surface area contributed by atoms with Crippen molar-refractivity contribution in [2.45, 2.75) is 52.1 Å². The average molecular weight is 314 g/mol. The van der Waals surface area contributed by atoms with Crippen LogP contribution in [0.15, 0.2) is 36.7 Å². The second kappa shape index (κ2) is 9.26. The Bertz CT molecular complexity index is 584. The van der Waals surface area contributed by atoms with Crippen molar-refractivity contribution in [1.82, 2.24) is 9.97 Å². The Labute approximate surface area is 138 Å². The molecule has 0 fully saturated rings. The third kappa shape index (κ3) is 5.03. The van der Waals surface area contributed by atoms with Gasteiger partial charge in [0.1, 0.15) is 0 Å². The summed E-state index contributed by atoms with van der Waals surface area (Å²) >= 11 is 0. The minimum Gasteiger partial charge on any atom is -0.463 e. The number of rotatable bonds is 9. The second-order valence-corrected chi connectivity index (χ2v) is 5.67. The number of benzene rings is 1. The molecule has 0 aliphatic carbocycles. The van der Waals surface area contributed by atoms with Crippen LogP contribution in [0, 0.1) is 0 Å². The van der Waals surface area contributed by atoms with Gasteiger partial charge in [0, 0.05) is 18.0 Å². The lowest BCUT2D eigenvalue weighted by atomic mass is 9.97. The van der Waals surface area contributed by atoms with Crippen LogP contribution in [-0.2, 0) is 0 Å². The fraction of sp³-hybridized carbons (Fsp3) is 0.474. The Morgan fingerprint density at radius 3 is 2.48 bits per heavy atom. The van der Waals surface area contributed by atoms with E-state index in [9.17, 15) is 5.11 Å². The van der Waals surface area contributed by atoms with Crippen molar-refractivity contribution in [2.75, 3.05) is 6.61 Å². The molecule has 4 heteroatoms. The second-order valence-electron chi connectivity index (χ2n) is 5.67. The van der Waals surface area contributed by atoms with Crippen LogP contribution in [0.1, 0.15) is 57.6 Å². The van der Waals surface area contributed by atoms with Gasteiger partial charge in [-0.05, 0) is 24.0 Å². The van der Waals surface area contributed by atoms with Gasteiger partial charge in [-0.1, -0.05) is 57.4 Å². The summed E-state index contributed by atoms with van der Waals surface area (Å²) in [4.78, 5) is 8.57. The van der Waals surface area contributed by atoms with E-state index in [2.05, 4.69) is 16.9 Å². The smallest absolute Gasteiger partial charge is 0.316 e. The van der Waals surface area contributed by atoms with E-state index in [0.717, 1.165) is 23.1 Å². The van der Waals surface area contributed by atoms with Gasteiger partial charge in [-0.15, -0.1) is 0 Å². The molecule has 1 atom stereocenters. The molecule has 0 saturated heterocycles. The number of aliphatic hydroxyl groups is 1. The quantitative estimate of drug-likeness (QED) is 0.690. The first-order chi connectivity index (χ1) is 11.3. The number of aliphatic hydroxyl groups excluding tert-OH is 1. The first kappa shape index (κ1) is 17.4. The van der Waals surface area contributed by atoms with Crippen LogP contribution in [0.3, 0.4) is 0 Å². The number of unbranched alkanes of at least 4 members (excludes halogenated alkanes) is 3. The van der Waals surface area contributed by atoms with E-state index < -0.39 is 6.10 Å². The van der Waals surface area contributed by atoms with E-state index in [0.29, 0.717) is 19.0 Å². The van der Waals surface area contributed by atoms with Crippen LogP contribution < -0.4 is 4.74 Å². The largest absolute Gasteiger partial charge is 0.463 e. The first-order valence-corrected chi connectivity index (χ1v) is 8.48. The first-order valence-electron chi connectivity index (χ1n) is 8.48. The predicted octanol–water partition coefficient (Wildman–Crippen LogP) is 4.55. The van der Waals surface area contributed by atoms with Gasteiger partial charge in [-0.2, -0.15) is 0 Å². The lowest BCUT2D eigenvalue weighted by Gasteiger charge is -2.14. The van der Waals surface area contributed by atoms with Crippen LogP contribution in [0.5, 0.6) is 6.01 Å². The van der Waals surface area contributed by atoms with E-state index in [4.69, 9.17) is 4.74 Å². The summed E-state index contributed by atoms with van der Waals surface area (Å²) in [6.07, 6.45) is 8.39. The van der Waals surface area contributed by atoms with Crippen LogP contribution in [0.25, 0.3) is 11.1 Å². The standard InChI is InChI=1S/C19H26N2O2/c1-3-5-6-9-12-23-19-20-13-15(14-21-19)16-10-7-8-11-17(16)18(22)4-2/h7-8,10-11,13-14,18,22H,3-6,9,12H2,1-2H3. The fourth-order valence-electron chi connectivity index (χ4n) is 2.49. The van der Waals surface area contributed by atoms with Crippen molar-refractivity contribution in [1.29, 1.82) is 0 Å². The molecule has 2 rings (SSSR count). The summed E-state index contributed by atoms with van der Waals surface area (Å²) < 4.78 is 5.57. The fourth-order valence-corrected chi connectivity index (χ4v) is 2.49. The van der Waals surface area contributed by atoms with Gasteiger partial charge in [0.05, 0.1) is 12.7 Å². The molecule has 1 unspecified atom stereocenters. The highest BCUT2D eigenvalue weighted by atomic mass is 16.5. The summed E-state index contributed by atoms with van der Waals surface area (Å²) in [6.45, 7) is 4.81. The summed E-state index contributed by atoms with van der Waals surface area (Å²) in [5.74, 6) is 0. The molecule has 2 aromatic rings. The summed E-state index contributed by atoms with van der Waals surface area (Å²) in [6, 6.07) is 8.24. The molecule has 0 saturated carbocycles.